The summed E-state index contributed by atoms with van der Waals surface area (Å²) in [5, 5.41) is 8.87. The molecule has 0 aliphatic heterocycles. The van der Waals surface area contributed by atoms with E-state index in [1.807, 2.05) is 12.1 Å². The summed E-state index contributed by atoms with van der Waals surface area (Å²) < 4.78 is 12.6. The third kappa shape index (κ3) is 3.98. The fourth-order valence-corrected chi connectivity index (χ4v) is 2.86. The van der Waals surface area contributed by atoms with Crippen molar-refractivity contribution < 1.29 is 8.84 Å². The predicted molar refractivity (Wildman–Crippen MR) is 94.4 cm³/mol. The van der Waals surface area contributed by atoms with E-state index in [0.29, 0.717) is 23.4 Å². The van der Waals surface area contributed by atoms with Crippen LogP contribution in [0.3, 0.4) is 0 Å². The second kappa shape index (κ2) is 6.43. The fraction of sp³-hybridized carbons (Fsp3) is 0.467. The molecule has 0 atom stereocenters. The smallest absolute Gasteiger partial charge is 0.247 e. The minimum atomic E-state index is -1.83. The number of hydrogen-bond donors (Lipinski definition) is 0. The molecule has 0 aliphatic carbocycles. The summed E-state index contributed by atoms with van der Waals surface area (Å²) in [4.78, 5) is 0. The van der Waals surface area contributed by atoms with E-state index in [2.05, 4.69) is 60.0 Å². The van der Waals surface area contributed by atoms with Crippen LogP contribution in [0.15, 0.2) is 27.1 Å². The average molecular weight is 404 g/mol. The van der Waals surface area contributed by atoms with E-state index in [1.165, 1.54) is 0 Å². The number of nitrogens with zero attached hydrogens (tertiary/aromatic N) is 2. The minimum Gasteiger partial charge on any atom is -0.418 e. The molecule has 120 valence electrons. The highest BCUT2D eigenvalue weighted by atomic mass is 79.9. The Kier molecular flexibility index (Phi) is 5.16. The van der Waals surface area contributed by atoms with Crippen LogP contribution in [0.4, 0.5) is 0 Å². The molecule has 2 aromatic rings. The van der Waals surface area contributed by atoms with Crippen LogP contribution in [0, 0.1) is 0 Å². The zero-order chi connectivity index (χ0) is 16.5. The van der Waals surface area contributed by atoms with E-state index >= 15 is 0 Å². The zero-order valence-electron chi connectivity index (χ0n) is 13.4. The number of halogens is 2. The third-order valence-electron chi connectivity index (χ3n) is 4.00. The van der Waals surface area contributed by atoms with E-state index in [9.17, 15) is 0 Å². The van der Waals surface area contributed by atoms with Gasteiger partial charge in [-0.3, -0.25) is 0 Å². The molecule has 4 nitrogen and oxygen atoms in total. The van der Waals surface area contributed by atoms with Crippen molar-refractivity contribution in [2.75, 3.05) is 0 Å². The van der Waals surface area contributed by atoms with Crippen LogP contribution in [0.1, 0.15) is 26.7 Å². The van der Waals surface area contributed by atoms with E-state index in [-0.39, 0.29) is 5.04 Å². The van der Waals surface area contributed by atoms with Gasteiger partial charge in [0.2, 0.25) is 11.8 Å². The number of rotatable bonds is 4. The molecule has 1 aromatic heterocycles. The molecule has 7 heteroatoms. The Hall–Kier alpha value is -0.693. The van der Waals surface area contributed by atoms with Crippen LogP contribution in [0.5, 0.6) is 0 Å². The Morgan fingerprint density at radius 2 is 1.95 bits per heavy atom. The van der Waals surface area contributed by atoms with Crippen LogP contribution in [0.2, 0.25) is 23.2 Å². The van der Waals surface area contributed by atoms with Gasteiger partial charge >= 0.3 is 0 Å². The molecule has 0 N–H and O–H groups in total. The van der Waals surface area contributed by atoms with Gasteiger partial charge in [0.25, 0.3) is 0 Å². The first-order chi connectivity index (χ1) is 10.1. The number of aromatic nitrogens is 2. The van der Waals surface area contributed by atoms with Gasteiger partial charge in [0.15, 0.2) is 8.32 Å². The molecule has 0 spiro atoms. The minimum absolute atomic E-state index is 0.148. The highest BCUT2D eigenvalue weighted by Gasteiger charge is 2.37. The highest BCUT2D eigenvalue weighted by molar-refractivity contribution is 9.10. The molecule has 1 aromatic carbocycles. The monoisotopic (exact) mass is 402 g/mol. The lowest BCUT2D eigenvalue weighted by atomic mass is 10.2. The van der Waals surface area contributed by atoms with Gasteiger partial charge in [0.05, 0.1) is 5.02 Å². The van der Waals surface area contributed by atoms with Crippen LogP contribution in [0.25, 0.3) is 11.5 Å². The summed E-state index contributed by atoms with van der Waals surface area (Å²) in [6, 6.07) is 5.52. The maximum atomic E-state index is 6.09. The lowest BCUT2D eigenvalue weighted by molar-refractivity contribution is 0.241. The van der Waals surface area contributed by atoms with Gasteiger partial charge in [-0.25, -0.2) is 0 Å². The Labute approximate surface area is 145 Å². The topological polar surface area (TPSA) is 48.2 Å². The first-order valence-electron chi connectivity index (χ1n) is 7.02. The highest BCUT2D eigenvalue weighted by Crippen LogP contribution is 2.37. The van der Waals surface area contributed by atoms with Gasteiger partial charge in [0.1, 0.15) is 6.61 Å². The van der Waals surface area contributed by atoms with Crippen molar-refractivity contribution in [3.8, 4) is 11.5 Å². The van der Waals surface area contributed by atoms with E-state index < -0.39 is 8.32 Å². The molecule has 0 unspecified atom stereocenters. The van der Waals surface area contributed by atoms with Gasteiger partial charge in [-0.15, -0.1) is 10.2 Å². The molecule has 0 aliphatic rings. The second-order valence-corrected chi connectivity index (χ2v) is 12.7. The summed E-state index contributed by atoms with van der Waals surface area (Å²) in [5.74, 6) is 0.932. The van der Waals surface area contributed by atoms with Gasteiger partial charge in [0, 0.05) is 10.0 Å². The summed E-state index contributed by atoms with van der Waals surface area (Å²) in [6.45, 7) is 11.3. The maximum Gasteiger partial charge on any atom is 0.247 e. The molecule has 0 saturated carbocycles. The molecule has 1 heterocycles. The Bertz CT molecular complexity index is 668. The molecule has 0 bridgehead atoms. The Morgan fingerprint density at radius 3 is 2.55 bits per heavy atom. The zero-order valence-corrected chi connectivity index (χ0v) is 16.7. The van der Waals surface area contributed by atoms with Gasteiger partial charge in [-0.2, -0.15) is 0 Å². The Balaban J connectivity index is 2.10. The average Bonchev–Trinajstić information content (AvgIpc) is 2.87. The molecule has 0 saturated heterocycles. The van der Waals surface area contributed by atoms with Crippen molar-refractivity contribution in [3.05, 3.63) is 33.6 Å². The van der Waals surface area contributed by atoms with Crippen molar-refractivity contribution in [2.24, 2.45) is 0 Å². The quantitative estimate of drug-likeness (QED) is 0.617. The molecule has 0 fully saturated rings. The van der Waals surface area contributed by atoms with Crippen molar-refractivity contribution in [3.63, 3.8) is 0 Å². The second-order valence-electron chi connectivity index (χ2n) is 6.68. The summed E-state index contributed by atoms with van der Waals surface area (Å²) >= 11 is 9.44. The number of benzene rings is 1. The van der Waals surface area contributed by atoms with E-state index in [4.69, 9.17) is 20.4 Å². The van der Waals surface area contributed by atoms with Crippen LogP contribution in [-0.4, -0.2) is 18.5 Å². The normalized spacial score (nSPS) is 12.7. The Morgan fingerprint density at radius 1 is 1.27 bits per heavy atom. The van der Waals surface area contributed by atoms with Gasteiger partial charge in [-0.1, -0.05) is 32.4 Å². The van der Waals surface area contributed by atoms with Crippen molar-refractivity contribution in [2.45, 2.75) is 45.5 Å². The third-order valence-corrected chi connectivity index (χ3v) is 9.71. The fourth-order valence-electron chi connectivity index (χ4n) is 1.52. The number of hydrogen-bond acceptors (Lipinski definition) is 4. The predicted octanol–water partition coefficient (Wildman–Crippen LogP) is 5.67. The molecule has 0 radical (unpaired) electrons. The summed E-state index contributed by atoms with van der Waals surface area (Å²) in [7, 11) is -1.83. The lowest BCUT2D eigenvalue weighted by Gasteiger charge is -2.35. The molecule has 0 amide bonds. The van der Waals surface area contributed by atoms with Crippen LogP contribution < -0.4 is 0 Å². The van der Waals surface area contributed by atoms with E-state index in [1.54, 1.807) is 6.07 Å². The molecular formula is C15H20BrClN2O2Si. The lowest BCUT2D eigenvalue weighted by Crippen LogP contribution is -2.40. The first kappa shape index (κ1) is 17.7. The largest absolute Gasteiger partial charge is 0.418 e. The summed E-state index contributed by atoms with van der Waals surface area (Å²) in [5.41, 5.74) is 0.791. The molecule has 22 heavy (non-hydrogen) atoms. The van der Waals surface area contributed by atoms with Crippen LogP contribution in [-0.2, 0) is 11.0 Å². The maximum absolute atomic E-state index is 6.09. The molecular weight excluding hydrogens is 384 g/mol. The van der Waals surface area contributed by atoms with Crippen molar-refractivity contribution in [1.82, 2.24) is 10.2 Å². The van der Waals surface area contributed by atoms with Gasteiger partial charge < -0.3 is 8.84 Å². The van der Waals surface area contributed by atoms with Crippen molar-refractivity contribution in [1.29, 1.82) is 0 Å². The molecule has 2 rings (SSSR count). The van der Waals surface area contributed by atoms with Gasteiger partial charge in [-0.05, 0) is 52.3 Å². The van der Waals surface area contributed by atoms with Crippen LogP contribution >= 0.6 is 27.5 Å². The summed E-state index contributed by atoms with van der Waals surface area (Å²) in [6.07, 6.45) is 0. The standard InChI is InChI=1S/C15H20BrClN2O2Si/c1-15(2,3)22(4,5)20-9-13-18-19-14(21-13)10-6-7-11(16)12(17)8-10/h6-8H,9H2,1-5H3. The SMILES string of the molecule is CC(C)(C)[Si](C)(C)OCc1nnc(-c2ccc(Br)c(Cl)c2)o1. The first-order valence-corrected chi connectivity index (χ1v) is 11.1. The van der Waals surface area contributed by atoms with Crippen molar-refractivity contribution >= 4 is 35.8 Å². The van der Waals surface area contributed by atoms with E-state index in [0.717, 1.165) is 10.0 Å².